The molecule has 1 aromatic heterocycles. The van der Waals surface area contributed by atoms with Crippen molar-refractivity contribution in [2.75, 3.05) is 0 Å². The molecule has 0 saturated heterocycles. The number of rotatable bonds is 4. The van der Waals surface area contributed by atoms with Gasteiger partial charge in [-0.2, -0.15) is 0 Å². The second-order valence-electron chi connectivity index (χ2n) is 5.95. The maximum atomic E-state index is 12.7. The fourth-order valence-electron chi connectivity index (χ4n) is 2.92. The normalized spacial score (nSPS) is 11.3. The largest absolute Gasteiger partial charge is 0.366 e. The molecule has 3 aromatic carbocycles. The number of hydrogen-bond donors (Lipinski definition) is 0. The zero-order chi connectivity index (χ0) is 18.5. The third kappa shape index (κ3) is 3.60. The average Bonchev–Trinajstić information content (AvgIpc) is 2.75. The summed E-state index contributed by atoms with van der Waals surface area (Å²) in [5.41, 5.74) is 2.74. The summed E-state index contributed by atoms with van der Waals surface area (Å²) in [4.78, 5) is 22.1. The van der Waals surface area contributed by atoms with Crippen molar-refractivity contribution < 1.29 is 9.63 Å². The van der Waals surface area contributed by atoms with E-state index in [0.29, 0.717) is 11.3 Å². The monoisotopic (exact) mass is 352 g/mol. The number of hydrogen-bond acceptors (Lipinski definition) is 4. The van der Waals surface area contributed by atoms with Crippen molar-refractivity contribution in [3.8, 4) is 0 Å². The van der Waals surface area contributed by atoms with Crippen LogP contribution in [0.1, 0.15) is 21.5 Å². The first kappa shape index (κ1) is 16.7. The topological polar surface area (TPSA) is 51.5 Å². The maximum Gasteiger partial charge on any atom is 0.366 e. The Morgan fingerprint density at radius 2 is 1.41 bits per heavy atom. The molecular weight excluding hydrogens is 336 g/mol. The third-order valence-corrected chi connectivity index (χ3v) is 4.23. The zero-order valence-electron chi connectivity index (χ0n) is 14.4. The van der Waals surface area contributed by atoms with Gasteiger partial charge in [0.05, 0.1) is 5.56 Å². The van der Waals surface area contributed by atoms with Crippen LogP contribution in [-0.4, -0.2) is 16.7 Å². The molecule has 4 rings (SSSR count). The van der Waals surface area contributed by atoms with Crippen LogP contribution >= 0.6 is 0 Å². The smallest absolute Gasteiger partial charge is 0.312 e. The highest BCUT2D eigenvalue weighted by Gasteiger charge is 2.13. The predicted molar refractivity (Wildman–Crippen MR) is 106 cm³/mol. The van der Waals surface area contributed by atoms with Gasteiger partial charge in [0.25, 0.3) is 0 Å². The van der Waals surface area contributed by atoms with Crippen molar-refractivity contribution in [1.29, 1.82) is 0 Å². The number of pyridine rings is 1. The van der Waals surface area contributed by atoms with E-state index in [1.807, 2.05) is 78.9 Å². The Morgan fingerprint density at radius 1 is 0.741 bits per heavy atom. The first-order valence-corrected chi connectivity index (χ1v) is 8.56. The summed E-state index contributed by atoms with van der Waals surface area (Å²) in [7, 11) is 0. The lowest BCUT2D eigenvalue weighted by molar-refractivity contribution is 0.0519. The average molecular weight is 352 g/mol. The number of fused-ring (bicyclic) bond motifs is 1. The van der Waals surface area contributed by atoms with Crippen molar-refractivity contribution in [3.05, 3.63) is 114 Å². The van der Waals surface area contributed by atoms with E-state index in [9.17, 15) is 4.79 Å². The van der Waals surface area contributed by atoms with E-state index in [-0.39, 0.29) is 0 Å². The van der Waals surface area contributed by atoms with Crippen molar-refractivity contribution in [1.82, 2.24) is 4.98 Å². The Hall–Kier alpha value is -3.79. The molecule has 4 aromatic rings. The van der Waals surface area contributed by atoms with Gasteiger partial charge in [0.1, 0.15) is 5.71 Å². The summed E-state index contributed by atoms with van der Waals surface area (Å²) in [6.07, 6.45) is 3.36. The van der Waals surface area contributed by atoms with Crippen molar-refractivity contribution >= 4 is 22.5 Å². The van der Waals surface area contributed by atoms with Gasteiger partial charge in [-0.15, -0.1) is 0 Å². The first-order chi connectivity index (χ1) is 13.3. The molecule has 0 aliphatic heterocycles. The highest BCUT2D eigenvalue weighted by Crippen LogP contribution is 2.20. The molecule has 0 atom stereocenters. The second-order valence-corrected chi connectivity index (χ2v) is 5.95. The molecule has 0 amide bonds. The molecule has 0 fully saturated rings. The lowest BCUT2D eigenvalue weighted by Crippen LogP contribution is -2.08. The Bertz CT molecular complexity index is 1060. The van der Waals surface area contributed by atoms with E-state index in [4.69, 9.17) is 4.84 Å². The molecule has 4 heteroatoms. The summed E-state index contributed by atoms with van der Waals surface area (Å²) in [5.74, 6) is -0.491. The van der Waals surface area contributed by atoms with Crippen LogP contribution in [0.3, 0.4) is 0 Å². The Balaban J connectivity index is 1.70. The molecule has 0 N–H and O–H groups in total. The first-order valence-electron chi connectivity index (χ1n) is 8.56. The molecule has 0 spiro atoms. The van der Waals surface area contributed by atoms with Gasteiger partial charge in [-0.05, 0) is 29.0 Å². The lowest BCUT2D eigenvalue weighted by atomic mass is 10.0. The van der Waals surface area contributed by atoms with E-state index in [2.05, 4.69) is 10.1 Å². The van der Waals surface area contributed by atoms with Crippen molar-refractivity contribution in [2.45, 2.75) is 0 Å². The van der Waals surface area contributed by atoms with E-state index in [1.165, 1.54) is 0 Å². The van der Waals surface area contributed by atoms with Crippen LogP contribution in [0.4, 0.5) is 0 Å². The van der Waals surface area contributed by atoms with Gasteiger partial charge in [0.2, 0.25) is 0 Å². The molecule has 27 heavy (non-hydrogen) atoms. The number of benzene rings is 3. The molecule has 0 saturated carbocycles. The fourth-order valence-corrected chi connectivity index (χ4v) is 2.92. The van der Waals surface area contributed by atoms with Crippen molar-refractivity contribution in [2.24, 2.45) is 5.16 Å². The van der Waals surface area contributed by atoms with Crippen LogP contribution in [0.25, 0.3) is 10.8 Å². The summed E-state index contributed by atoms with van der Waals surface area (Å²) in [6.45, 7) is 0. The van der Waals surface area contributed by atoms with Gasteiger partial charge in [-0.3, -0.25) is 4.98 Å². The predicted octanol–water partition coefficient (Wildman–Crippen LogP) is 4.84. The summed E-state index contributed by atoms with van der Waals surface area (Å²) >= 11 is 0. The number of aromatic nitrogens is 1. The van der Waals surface area contributed by atoms with Gasteiger partial charge in [0, 0.05) is 23.5 Å². The van der Waals surface area contributed by atoms with E-state index in [0.717, 1.165) is 21.9 Å². The summed E-state index contributed by atoms with van der Waals surface area (Å²) in [6, 6.07) is 26.5. The summed E-state index contributed by atoms with van der Waals surface area (Å²) < 4.78 is 0. The molecule has 130 valence electrons. The Morgan fingerprint density at radius 3 is 2.22 bits per heavy atom. The summed E-state index contributed by atoms with van der Waals surface area (Å²) in [5, 5.41) is 6.00. The van der Waals surface area contributed by atoms with Gasteiger partial charge in [0.15, 0.2) is 0 Å². The van der Waals surface area contributed by atoms with Gasteiger partial charge in [-0.25, -0.2) is 4.79 Å². The van der Waals surface area contributed by atoms with Gasteiger partial charge >= 0.3 is 5.97 Å². The number of carbonyl (C=O) groups is 1. The molecule has 0 aliphatic rings. The number of carbonyl (C=O) groups excluding carboxylic acids is 1. The maximum absolute atomic E-state index is 12.7. The molecule has 0 bridgehead atoms. The standard InChI is InChI=1S/C23H16N2O2/c26-23(21-12-6-10-17-7-4-5-11-20(17)21)27-25-22(18-8-2-1-3-9-18)19-13-15-24-16-14-19/h1-16H. The highest BCUT2D eigenvalue weighted by atomic mass is 16.7. The second kappa shape index (κ2) is 7.62. The quantitative estimate of drug-likeness (QED) is 0.300. The van der Waals surface area contributed by atoms with Gasteiger partial charge < -0.3 is 4.84 Å². The van der Waals surface area contributed by atoms with Crippen LogP contribution in [0.15, 0.2) is 102 Å². The molecule has 4 nitrogen and oxygen atoms in total. The zero-order valence-corrected chi connectivity index (χ0v) is 14.4. The van der Waals surface area contributed by atoms with Crippen LogP contribution in [-0.2, 0) is 4.84 Å². The van der Waals surface area contributed by atoms with E-state index in [1.54, 1.807) is 18.5 Å². The van der Waals surface area contributed by atoms with Crippen LogP contribution < -0.4 is 0 Å². The van der Waals surface area contributed by atoms with Crippen LogP contribution in [0.2, 0.25) is 0 Å². The minimum Gasteiger partial charge on any atom is -0.312 e. The van der Waals surface area contributed by atoms with E-state index >= 15 is 0 Å². The fraction of sp³-hybridized carbons (Fsp3) is 0. The molecule has 0 radical (unpaired) electrons. The third-order valence-electron chi connectivity index (χ3n) is 4.23. The molecule has 0 aliphatic carbocycles. The minimum absolute atomic E-state index is 0.485. The van der Waals surface area contributed by atoms with Crippen molar-refractivity contribution in [3.63, 3.8) is 0 Å². The number of nitrogens with zero attached hydrogens (tertiary/aromatic N) is 2. The Labute approximate surface area is 156 Å². The van der Waals surface area contributed by atoms with Gasteiger partial charge in [-0.1, -0.05) is 71.9 Å². The molecule has 1 heterocycles. The van der Waals surface area contributed by atoms with Crippen LogP contribution in [0.5, 0.6) is 0 Å². The van der Waals surface area contributed by atoms with E-state index < -0.39 is 5.97 Å². The Kier molecular flexibility index (Phi) is 4.70. The number of oxime groups is 1. The molecule has 0 unspecified atom stereocenters. The minimum atomic E-state index is -0.491. The van der Waals surface area contributed by atoms with Crippen LogP contribution in [0, 0.1) is 0 Å². The SMILES string of the molecule is O=C(ON=C(c1ccccc1)c1ccncc1)c1cccc2ccccc12. The highest BCUT2D eigenvalue weighted by molar-refractivity contribution is 6.13. The molecular formula is C23H16N2O2. The lowest BCUT2D eigenvalue weighted by Gasteiger charge is -2.07.